The molecule has 0 unspecified atom stereocenters. The maximum Gasteiger partial charge on any atom is 0.270 e. The molecule has 3 aromatic rings. The predicted molar refractivity (Wildman–Crippen MR) is 128 cm³/mol. The van der Waals surface area contributed by atoms with Gasteiger partial charge in [-0.1, -0.05) is 25.5 Å². The Balaban J connectivity index is 1.50. The number of nitro benzene ring substituents is 1. The Hall–Kier alpha value is -3.24. The van der Waals surface area contributed by atoms with Crippen molar-refractivity contribution in [1.82, 2.24) is 4.98 Å². The Labute approximate surface area is 193 Å². The highest BCUT2D eigenvalue weighted by atomic mass is 32.2. The van der Waals surface area contributed by atoms with Crippen LogP contribution >= 0.6 is 23.1 Å². The average molecular weight is 471 g/mol. The number of benzene rings is 2. The van der Waals surface area contributed by atoms with E-state index in [9.17, 15) is 19.7 Å². The molecule has 32 heavy (non-hydrogen) atoms. The van der Waals surface area contributed by atoms with E-state index in [4.69, 9.17) is 0 Å². The van der Waals surface area contributed by atoms with E-state index in [-0.39, 0.29) is 23.3 Å². The predicted octanol–water partition coefficient (Wildman–Crippen LogP) is 5.58. The summed E-state index contributed by atoms with van der Waals surface area (Å²) in [7, 11) is 0. The van der Waals surface area contributed by atoms with Gasteiger partial charge in [-0.15, -0.1) is 23.1 Å². The maximum atomic E-state index is 12.3. The van der Waals surface area contributed by atoms with Crippen molar-refractivity contribution in [2.75, 3.05) is 16.4 Å². The van der Waals surface area contributed by atoms with Crippen LogP contribution in [0.2, 0.25) is 0 Å². The van der Waals surface area contributed by atoms with Crippen LogP contribution < -0.4 is 10.6 Å². The van der Waals surface area contributed by atoms with Crippen molar-refractivity contribution < 1.29 is 14.5 Å². The molecule has 10 heteroatoms. The van der Waals surface area contributed by atoms with Crippen LogP contribution in [0.3, 0.4) is 0 Å². The van der Waals surface area contributed by atoms with Crippen molar-refractivity contribution >= 4 is 51.4 Å². The molecule has 3 rings (SSSR count). The van der Waals surface area contributed by atoms with Gasteiger partial charge in [0.2, 0.25) is 11.8 Å². The minimum Gasteiger partial charge on any atom is -0.326 e. The number of unbranched alkanes of at least 4 members (excludes halogenated alkanes) is 1. The summed E-state index contributed by atoms with van der Waals surface area (Å²) in [6.45, 7) is 2.04. The van der Waals surface area contributed by atoms with Crippen LogP contribution in [0.5, 0.6) is 0 Å². The summed E-state index contributed by atoms with van der Waals surface area (Å²) < 4.78 is 0. The molecule has 2 amide bonds. The van der Waals surface area contributed by atoms with Gasteiger partial charge in [-0.2, -0.15) is 0 Å². The lowest BCUT2D eigenvalue weighted by molar-refractivity contribution is -0.384. The standard InChI is InChI=1S/C22H22N4O4S2/c1-2-3-7-20(27)23-16-8-10-18(11-9-16)31-14-21(28)25-22-24-19(13-32-22)15-5-4-6-17(12-15)26(29)30/h4-6,8-13H,2-3,7,14H2,1H3,(H,23,27)(H,24,25,28). The van der Waals surface area contributed by atoms with Gasteiger partial charge < -0.3 is 10.6 Å². The second-order valence-corrected chi connectivity index (χ2v) is 8.77. The Morgan fingerprint density at radius 1 is 1.12 bits per heavy atom. The van der Waals surface area contributed by atoms with E-state index in [1.807, 2.05) is 31.2 Å². The van der Waals surface area contributed by atoms with Crippen molar-refractivity contribution in [3.8, 4) is 11.3 Å². The minimum absolute atomic E-state index is 0.000411. The Kier molecular flexibility index (Phi) is 8.34. The molecule has 1 aromatic heterocycles. The number of hydrogen-bond donors (Lipinski definition) is 2. The first-order chi connectivity index (χ1) is 15.4. The fourth-order valence-corrected chi connectivity index (χ4v) is 4.18. The minimum atomic E-state index is -0.456. The third kappa shape index (κ3) is 6.89. The van der Waals surface area contributed by atoms with E-state index in [0.29, 0.717) is 22.8 Å². The Morgan fingerprint density at radius 2 is 1.91 bits per heavy atom. The van der Waals surface area contributed by atoms with Gasteiger partial charge in [0, 0.05) is 40.1 Å². The SMILES string of the molecule is CCCCC(=O)Nc1ccc(SCC(=O)Nc2nc(-c3cccc([N+](=O)[O-])c3)cs2)cc1. The largest absolute Gasteiger partial charge is 0.326 e. The molecule has 0 bridgehead atoms. The van der Waals surface area contributed by atoms with Crippen LogP contribution in [0.15, 0.2) is 58.8 Å². The summed E-state index contributed by atoms with van der Waals surface area (Å²) in [6, 6.07) is 13.6. The molecule has 0 fully saturated rings. The van der Waals surface area contributed by atoms with Crippen LogP contribution in [0.25, 0.3) is 11.3 Å². The third-order valence-corrected chi connectivity index (χ3v) is 6.14. The van der Waals surface area contributed by atoms with E-state index >= 15 is 0 Å². The Morgan fingerprint density at radius 3 is 2.62 bits per heavy atom. The van der Waals surface area contributed by atoms with Crippen molar-refractivity contribution in [2.24, 2.45) is 0 Å². The molecule has 8 nitrogen and oxygen atoms in total. The average Bonchev–Trinajstić information content (AvgIpc) is 3.25. The maximum absolute atomic E-state index is 12.3. The first-order valence-electron chi connectivity index (χ1n) is 9.97. The topological polar surface area (TPSA) is 114 Å². The van der Waals surface area contributed by atoms with E-state index in [0.717, 1.165) is 23.4 Å². The van der Waals surface area contributed by atoms with Gasteiger partial charge in [-0.25, -0.2) is 4.98 Å². The number of nitrogens with one attached hydrogen (secondary N) is 2. The number of amides is 2. The molecule has 0 saturated carbocycles. The zero-order valence-electron chi connectivity index (χ0n) is 17.4. The molecule has 166 valence electrons. The highest BCUT2D eigenvalue weighted by molar-refractivity contribution is 8.00. The molecule has 0 aliphatic heterocycles. The van der Waals surface area contributed by atoms with Gasteiger partial charge in [0.25, 0.3) is 5.69 Å². The number of aromatic nitrogens is 1. The summed E-state index contributed by atoms with van der Waals surface area (Å²) >= 11 is 2.63. The Bertz CT molecular complexity index is 1100. The number of thioether (sulfide) groups is 1. The van der Waals surface area contributed by atoms with Crippen LogP contribution in [-0.2, 0) is 9.59 Å². The first kappa shape index (κ1) is 23.4. The molecule has 0 aliphatic carbocycles. The fraction of sp³-hybridized carbons (Fsp3) is 0.227. The molecule has 1 heterocycles. The smallest absolute Gasteiger partial charge is 0.270 e. The van der Waals surface area contributed by atoms with E-state index in [2.05, 4.69) is 15.6 Å². The highest BCUT2D eigenvalue weighted by Crippen LogP contribution is 2.28. The summed E-state index contributed by atoms with van der Waals surface area (Å²) in [6.07, 6.45) is 2.34. The molecule has 0 spiro atoms. The van der Waals surface area contributed by atoms with Crippen LogP contribution in [0.4, 0.5) is 16.5 Å². The van der Waals surface area contributed by atoms with Crippen molar-refractivity contribution in [2.45, 2.75) is 31.1 Å². The molecule has 0 radical (unpaired) electrons. The lowest BCUT2D eigenvalue weighted by atomic mass is 10.1. The number of hydrogen-bond acceptors (Lipinski definition) is 7. The van der Waals surface area contributed by atoms with Crippen molar-refractivity contribution in [1.29, 1.82) is 0 Å². The molecule has 2 N–H and O–H groups in total. The van der Waals surface area contributed by atoms with Crippen LogP contribution in [0, 0.1) is 10.1 Å². The van der Waals surface area contributed by atoms with Gasteiger partial charge in [0.05, 0.1) is 16.4 Å². The second kappa shape index (κ2) is 11.4. The number of carbonyl (C=O) groups is 2. The van der Waals surface area contributed by atoms with Crippen molar-refractivity contribution in [3.05, 3.63) is 64.0 Å². The molecular weight excluding hydrogens is 448 g/mol. The van der Waals surface area contributed by atoms with Crippen LogP contribution in [0.1, 0.15) is 26.2 Å². The molecular formula is C22H22N4O4S2. The van der Waals surface area contributed by atoms with Gasteiger partial charge in [-0.3, -0.25) is 19.7 Å². The quantitative estimate of drug-likeness (QED) is 0.227. The lowest BCUT2D eigenvalue weighted by Gasteiger charge is -2.06. The molecule has 0 saturated heterocycles. The third-order valence-electron chi connectivity index (χ3n) is 4.37. The monoisotopic (exact) mass is 470 g/mol. The first-order valence-corrected chi connectivity index (χ1v) is 11.8. The molecule has 0 aliphatic rings. The highest BCUT2D eigenvalue weighted by Gasteiger charge is 2.12. The summed E-state index contributed by atoms with van der Waals surface area (Å²) in [5.74, 6) is -0.0000583. The summed E-state index contributed by atoms with van der Waals surface area (Å²) in [5, 5.41) is 18.7. The normalized spacial score (nSPS) is 10.5. The summed E-state index contributed by atoms with van der Waals surface area (Å²) in [5.41, 5.74) is 1.91. The number of non-ortho nitro benzene ring substituents is 1. The van der Waals surface area contributed by atoms with Gasteiger partial charge >= 0.3 is 0 Å². The van der Waals surface area contributed by atoms with E-state index < -0.39 is 4.92 Å². The van der Waals surface area contributed by atoms with Gasteiger partial charge in [-0.05, 0) is 30.7 Å². The number of nitro groups is 1. The molecule has 0 atom stereocenters. The van der Waals surface area contributed by atoms with E-state index in [1.54, 1.807) is 17.5 Å². The van der Waals surface area contributed by atoms with Crippen molar-refractivity contribution in [3.63, 3.8) is 0 Å². The number of nitrogens with zero attached hydrogens (tertiary/aromatic N) is 2. The zero-order chi connectivity index (χ0) is 22.9. The number of carbonyl (C=O) groups excluding carboxylic acids is 2. The summed E-state index contributed by atoms with van der Waals surface area (Å²) in [4.78, 5) is 39.8. The zero-order valence-corrected chi connectivity index (χ0v) is 19.0. The van der Waals surface area contributed by atoms with Crippen LogP contribution in [-0.4, -0.2) is 27.5 Å². The molecule has 2 aromatic carbocycles. The number of anilines is 2. The number of thiazole rings is 1. The fourth-order valence-electron chi connectivity index (χ4n) is 2.74. The van der Waals surface area contributed by atoms with E-state index in [1.165, 1.54) is 35.2 Å². The second-order valence-electron chi connectivity index (χ2n) is 6.86. The number of rotatable bonds is 10. The van der Waals surface area contributed by atoms with Gasteiger partial charge in [0.15, 0.2) is 5.13 Å². The lowest BCUT2D eigenvalue weighted by Crippen LogP contribution is -2.13. The van der Waals surface area contributed by atoms with Gasteiger partial charge in [0.1, 0.15) is 0 Å².